The fraction of sp³-hybridized carbons (Fsp3) is 0.765. The van der Waals surface area contributed by atoms with E-state index in [1.807, 2.05) is 6.92 Å². The molecule has 7 heteroatoms. The molecule has 1 fully saturated rings. The van der Waals surface area contributed by atoms with Gasteiger partial charge in [-0.2, -0.15) is 0 Å². The Hall–Kier alpha value is -0.410. The Morgan fingerprint density at radius 1 is 1.38 bits per heavy atom. The molecule has 1 saturated carbocycles. The molecule has 0 amide bonds. The van der Waals surface area contributed by atoms with E-state index in [0.717, 1.165) is 55.3 Å². The third kappa shape index (κ3) is 7.65. The monoisotopic (exact) mass is 465 g/mol. The summed E-state index contributed by atoms with van der Waals surface area (Å²) in [4.78, 5) is 11.7. The highest BCUT2D eigenvalue weighted by Gasteiger charge is 2.18. The van der Waals surface area contributed by atoms with Gasteiger partial charge < -0.3 is 15.5 Å². The summed E-state index contributed by atoms with van der Waals surface area (Å²) < 4.78 is 0. The van der Waals surface area contributed by atoms with Crippen molar-refractivity contribution < 1.29 is 0 Å². The molecule has 0 saturated heterocycles. The molecule has 5 nitrogen and oxygen atoms in total. The summed E-state index contributed by atoms with van der Waals surface area (Å²) in [5, 5.41) is 10.00. The fourth-order valence-electron chi connectivity index (χ4n) is 3.02. The number of aliphatic imine (C=N–C) groups is 1. The van der Waals surface area contributed by atoms with E-state index in [4.69, 9.17) is 4.99 Å². The molecule has 0 atom stereocenters. The Labute approximate surface area is 167 Å². The third-order valence-corrected chi connectivity index (χ3v) is 5.18. The largest absolute Gasteiger partial charge is 0.357 e. The summed E-state index contributed by atoms with van der Waals surface area (Å²) >= 11 is 1.71. The predicted molar refractivity (Wildman–Crippen MR) is 115 cm³/mol. The quantitative estimate of drug-likeness (QED) is 0.352. The molecule has 1 heterocycles. The summed E-state index contributed by atoms with van der Waals surface area (Å²) in [6.45, 7) is 7.79. The summed E-state index contributed by atoms with van der Waals surface area (Å²) in [5.74, 6) is 0.916. The number of hydrogen-bond donors (Lipinski definition) is 2. The van der Waals surface area contributed by atoms with E-state index in [9.17, 15) is 0 Å². The molecule has 1 aliphatic rings. The molecule has 2 N–H and O–H groups in total. The molecule has 1 aliphatic carbocycles. The van der Waals surface area contributed by atoms with Crippen molar-refractivity contribution in [1.29, 1.82) is 0 Å². The first-order valence-electron chi connectivity index (χ1n) is 8.82. The van der Waals surface area contributed by atoms with Crippen LogP contribution >= 0.6 is 35.3 Å². The highest BCUT2D eigenvalue weighted by atomic mass is 127. The molecule has 1 aromatic heterocycles. The van der Waals surface area contributed by atoms with Gasteiger partial charge in [-0.3, -0.25) is 4.99 Å². The molecule has 0 radical (unpaired) electrons. The lowest BCUT2D eigenvalue weighted by Crippen LogP contribution is -2.39. The summed E-state index contributed by atoms with van der Waals surface area (Å²) in [7, 11) is 2.23. The van der Waals surface area contributed by atoms with Crippen molar-refractivity contribution in [3.63, 3.8) is 0 Å². The summed E-state index contributed by atoms with van der Waals surface area (Å²) in [6, 6.07) is 0.772. The number of hydrogen-bond acceptors (Lipinski definition) is 4. The molecule has 0 bridgehead atoms. The number of rotatable bonds is 8. The molecular formula is C17H32IN5S. The second kappa shape index (κ2) is 12.0. The lowest BCUT2D eigenvalue weighted by atomic mass is 10.2. The SMILES string of the molecule is CCNC(=NCCN(C)C1CCCC1)NCCc1csc(C)n1.I. The van der Waals surface area contributed by atoms with Crippen molar-refractivity contribution in [2.24, 2.45) is 4.99 Å². The van der Waals surface area contributed by atoms with Gasteiger partial charge in [0.25, 0.3) is 0 Å². The van der Waals surface area contributed by atoms with Gasteiger partial charge in [-0.25, -0.2) is 4.98 Å². The van der Waals surface area contributed by atoms with Crippen molar-refractivity contribution in [1.82, 2.24) is 20.5 Å². The Balaban J connectivity index is 0.00000288. The minimum Gasteiger partial charge on any atom is -0.357 e. The Bertz CT molecular complexity index is 485. The first kappa shape index (κ1) is 21.6. The van der Waals surface area contributed by atoms with Gasteiger partial charge in [-0.15, -0.1) is 35.3 Å². The molecule has 138 valence electrons. The number of thiazole rings is 1. The smallest absolute Gasteiger partial charge is 0.191 e. The Kier molecular flexibility index (Phi) is 10.8. The van der Waals surface area contributed by atoms with Crippen LogP contribution in [0.25, 0.3) is 0 Å². The van der Waals surface area contributed by atoms with Crippen LogP contribution in [0.5, 0.6) is 0 Å². The Morgan fingerprint density at radius 3 is 2.75 bits per heavy atom. The van der Waals surface area contributed by atoms with Gasteiger partial charge in [0.15, 0.2) is 5.96 Å². The zero-order valence-electron chi connectivity index (χ0n) is 15.2. The number of halogens is 1. The van der Waals surface area contributed by atoms with Gasteiger partial charge in [0.1, 0.15) is 0 Å². The highest BCUT2D eigenvalue weighted by molar-refractivity contribution is 14.0. The lowest BCUT2D eigenvalue weighted by Gasteiger charge is -2.23. The van der Waals surface area contributed by atoms with Crippen molar-refractivity contribution in [2.75, 3.05) is 33.2 Å². The van der Waals surface area contributed by atoms with Crippen LogP contribution in [0.3, 0.4) is 0 Å². The number of likely N-dealkylation sites (N-methyl/N-ethyl adjacent to an activating group) is 1. The molecule has 24 heavy (non-hydrogen) atoms. The first-order chi connectivity index (χ1) is 11.2. The van der Waals surface area contributed by atoms with E-state index in [1.165, 1.54) is 25.7 Å². The maximum Gasteiger partial charge on any atom is 0.191 e. The van der Waals surface area contributed by atoms with E-state index in [2.05, 4.69) is 39.9 Å². The van der Waals surface area contributed by atoms with E-state index in [-0.39, 0.29) is 24.0 Å². The average molecular weight is 465 g/mol. The molecule has 0 spiro atoms. The van der Waals surface area contributed by atoms with Gasteiger partial charge in [-0.05, 0) is 33.7 Å². The number of aromatic nitrogens is 1. The van der Waals surface area contributed by atoms with Crippen LogP contribution in [0.1, 0.15) is 43.3 Å². The highest BCUT2D eigenvalue weighted by Crippen LogP contribution is 2.21. The maximum absolute atomic E-state index is 4.70. The van der Waals surface area contributed by atoms with Crippen LogP contribution in [0.2, 0.25) is 0 Å². The van der Waals surface area contributed by atoms with Crippen LogP contribution < -0.4 is 10.6 Å². The summed E-state index contributed by atoms with van der Waals surface area (Å²) in [5.41, 5.74) is 1.16. The Morgan fingerprint density at radius 2 is 2.12 bits per heavy atom. The summed E-state index contributed by atoms with van der Waals surface area (Å²) in [6.07, 6.45) is 6.42. The molecule has 2 rings (SSSR count). The number of nitrogens with zero attached hydrogens (tertiary/aromatic N) is 3. The van der Waals surface area contributed by atoms with Gasteiger partial charge in [0, 0.05) is 37.5 Å². The van der Waals surface area contributed by atoms with E-state index in [0.29, 0.717) is 0 Å². The second-order valence-corrected chi connectivity index (χ2v) is 7.28. The average Bonchev–Trinajstić information content (AvgIpc) is 3.19. The lowest BCUT2D eigenvalue weighted by molar-refractivity contribution is 0.252. The molecule has 0 aliphatic heterocycles. The van der Waals surface area contributed by atoms with Crippen molar-refractivity contribution in [3.8, 4) is 0 Å². The van der Waals surface area contributed by atoms with Gasteiger partial charge in [0.05, 0.1) is 17.2 Å². The van der Waals surface area contributed by atoms with Crippen LogP contribution in [-0.4, -0.2) is 55.1 Å². The fourth-order valence-corrected chi connectivity index (χ4v) is 3.67. The predicted octanol–water partition coefficient (Wildman–Crippen LogP) is 3.04. The standard InChI is InChI=1S/C17H31N5S.HI/c1-4-18-17(19-10-9-15-13-23-14(2)21-15)20-11-12-22(3)16-7-5-6-8-16;/h13,16H,4-12H2,1-3H3,(H2,18,19,20);1H. The van der Waals surface area contributed by atoms with E-state index < -0.39 is 0 Å². The number of aryl methyl sites for hydroxylation is 1. The maximum atomic E-state index is 4.70. The minimum absolute atomic E-state index is 0. The molecule has 0 aromatic carbocycles. The van der Waals surface area contributed by atoms with Crippen LogP contribution in [0.4, 0.5) is 0 Å². The van der Waals surface area contributed by atoms with Gasteiger partial charge >= 0.3 is 0 Å². The molecular weight excluding hydrogens is 433 g/mol. The second-order valence-electron chi connectivity index (χ2n) is 6.21. The topological polar surface area (TPSA) is 52.6 Å². The van der Waals surface area contributed by atoms with E-state index in [1.54, 1.807) is 11.3 Å². The van der Waals surface area contributed by atoms with Gasteiger partial charge in [0.2, 0.25) is 0 Å². The normalized spacial score (nSPS) is 15.6. The first-order valence-corrected chi connectivity index (χ1v) is 9.70. The van der Waals surface area contributed by atoms with Crippen LogP contribution in [-0.2, 0) is 6.42 Å². The van der Waals surface area contributed by atoms with E-state index >= 15 is 0 Å². The molecule has 1 aromatic rings. The minimum atomic E-state index is 0. The third-order valence-electron chi connectivity index (χ3n) is 4.36. The van der Waals surface area contributed by atoms with Crippen molar-refractivity contribution in [3.05, 3.63) is 16.1 Å². The number of guanidine groups is 1. The molecule has 0 unspecified atom stereocenters. The van der Waals surface area contributed by atoms with Gasteiger partial charge in [-0.1, -0.05) is 12.8 Å². The van der Waals surface area contributed by atoms with Crippen molar-refractivity contribution in [2.45, 2.75) is 52.0 Å². The van der Waals surface area contributed by atoms with Crippen LogP contribution in [0.15, 0.2) is 10.4 Å². The van der Waals surface area contributed by atoms with Crippen molar-refractivity contribution >= 4 is 41.3 Å². The number of nitrogens with one attached hydrogen (secondary N) is 2. The zero-order valence-corrected chi connectivity index (χ0v) is 18.3. The zero-order chi connectivity index (χ0) is 16.5. The van der Waals surface area contributed by atoms with Crippen LogP contribution in [0, 0.1) is 6.92 Å².